The molecule has 2 atom stereocenters. The van der Waals surface area contributed by atoms with E-state index in [0.29, 0.717) is 23.3 Å². The number of carbonyl (C=O) groups is 1. The van der Waals surface area contributed by atoms with Crippen molar-refractivity contribution >= 4 is 28.6 Å². The molecule has 0 spiro atoms. The molecule has 0 radical (unpaired) electrons. The number of carboxylic acids is 1. The van der Waals surface area contributed by atoms with Crippen LogP contribution in [0.15, 0.2) is 82.4 Å². The van der Waals surface area contributed by atoms with Crippen LogP contribution in [0.4, 0.5) is 0 Å². The third kappa shape index (κ3) is 4.47. The molecule has 0 saturated heterocycles. The minimum atomic E-state index is -1.06. The summed E-state index contributed by atoms with van der Waals surface area (Å²) in [6.07, 6.45) is 0.415. The predicted molar refractivity (Wildman–Crippen MR) is 137 cm³/mol. The average Bonchev–Trinajstić information content (AvgIpc) is 3.56. The number of aliphatic carboxylic acids is 1. The quantitative estimate of drug-likeness (QED) is 0.322. The molecular weight excluding hydrogens is 488 g/mol. The van der Waals surface area contributed by atoms with Crippen molar-refractivity contribution in [2.24, 2.45) is 0 Å². The molecule has 0 fully saturated rings. The summed E-state index contributed by atoms with van der Waals surface area (Å²) in [6.45, 7) is 0. The van der Waals surface area contributed by atoms with Gasteiger partial charge in [0.05, 0.1) is 18.8 Å². The molecule has 0 aliphatic carbocycles. The summed E-state index contributed by atoms with van der Waals surface area (Å²) >= 11 is 1.43. The molecule has 37 heavy (non-hydrogen) atoms. The van der Waals surface area contributed by atoms with Crippen molar-refractivity contribution < 1.29 is 24.4 Å². The Balaban J connectivity index is 1.31. The van der Waals surface area contributed by atoms with Crippen LogP contribution in [0.3, 0.4) is 0 Å². The Kier molecular flexibility index (Phi) is 6.15. The van der Waals surface area contributed by atoms with E-state index < -0.39 is 12.0 Å². The van der Waals surface area contributed by atoms with Crippen LogP contribution in [0, 0.1) is 0 Å². The lowest BCUT2D eigenvalue weighted by molar-refractivity contribution is -0.717. The Morgan fingerprint density at radius 3 is 2.76 bits per heavy atom. The molecule has 1 aliphatic heterocycles. The molecule has 3 N–H and O–H groups in total. The first-order valence-corrected chi connectivity index (χ1v) is 12.9. The number of quaternary nitrogens is 1. The standard InChI is InChI=1S/C28H24N4O4S/c1-35-23-12-11-17(13-18(23)15-37-28-32-31-26(36-28)16-7-3-2-4-8-16)24-25-20(14-22(30-24)27(33)34)19-9-5-6-10-21(19)29-25/h2-13,22,24,29-30H,14-15H2,1H3,(H,33,34)/t22-,24+/m0/s1. The zero-order chi connectivity index (χ0) is 25.4. The molecule has 3 heterocycles. The van der Waals surface area contributed by atoms with Crippen molar-refractivity contribution in [1.82, 2.24) is 15.2 Å². The molecule has 0 bridgehead atoms. The van der Waals surface area contributed by atoms with Gasteiger partial charge in [-0.3, -0.25) is 0 Å². The van der Waals surface area contributed by atoms with Crippen LogP contribution in [0.5, 0.6) is 5.75 Å². The maximum Gasteiger partial charge on any atom is 0.277 e. The van der Waals surface area contributed by atoms with Crippen LogP contribution in [0.25, 0.3) is 22.4 Å². The van der Waals surface area contributed by atoms with Gasteiger partial charge in [-0.25, -0.2) is 0 Å². The van der Waals surface area contributed by atoms with Crippen LogP contribution in [-0.4, -0.2) is 34.3 Å². The smallest absolute Gasteiger partial charge is 0.277 e. The van der Waals surface area contributed by atoms with Gasteiger partial charge in [0.25, 0.3) is 5.22 Å². The van der Waals surface area contributed by atoms with Crippen LogP contribution in [-0.2, 0) is 17.0 Å². The predicted octanol–water partition coefficient (Wildman–Crippen LogP) is 2.85. The summed E-state index contributed by atoms with van der Waals surface area (Å²) in [4.78, 5) is 15.5. The van der Waals surface area contributed by atoms with Crippen molar-refractivity contribution in [2.45, 2.75) is 29.5 Å². The number of nitrogens with two attached hydrogens (primary N) is 1. The van der Waals surface area contributed by atoms with Gasteiger partial charge in [-0.2, -0.15) is 0 Å². The fraction of sp³-hybridized carbons (Fsp3) is 0.179. The zero-order valence-electron chi connectivity index (χ0n) is 20.0. The van der Waals surface area contributed by atoms with E-state index in [2.05, 4.69) is 21.2 Å². The highest BCUT2D eigenvalue weighted by Gasteiger charge is 2.35. The second kappa shape index (κ2) is 9.76. The fourth-order valence-corrected chi connectivity index (χ4v) is 5.71. The molecule has 9 heteroatoms. The number of aromatic amines is 1. The van der Waals surface area contributed by atoms with E-state index in [1.54, 1.807) is 7.11 Å². The Labute approximate surface area is 217 Å². The highest BCUT2D eigenvalue weighted by molar-refractivity contribution is 7.98. The first-order valence-electron chi connectivity index (χ1n) is 11.9. The lowest BCUT2D eigenvalue weighted by Gasteiger charge is -2.29. The molecule has 3 aromatic carbocycles. The summed E-state index contributed by atoms with van der Waals surface area (Å²) in [5, 5.41) is 23.7. The van der Waals surface area contributed by atoms with Gasteiger partial charge in [-0.15, -0.1) is 10.2 Å². The number of fused-ring (bicyclic) bond motifs is 3. The third-order valence-corrected chi connectivity index (χ3v) is 7.62. The summed E-state index contributed by atoms with van der Waals surface area (Å²) in [5.41, 5.74) is 5.85. The number of carboxylic acid groups (broad SMARTS) is 1. The minimum Gasteiger partial charge on any atom is -0.544 e. The largest absolute Gasteiger partial charge is 0.544 e. The van der Waals surface area contributed by atoms with Gasteiger partial charge in [0.15, 0.2) is 6.04 Å². The molecule has 0 amide bonds. The maximum atomic E-state index is 11.9. The molecule has 5 aromatic rings. The number of carbonyl (C=O) groups excluding carboxylic acids is 1. The van der Waals surface area contributed by atoms with Gasteiger partial charge in [0, 0.05) is 39.8 Å². The second-order valence-corrected chi connectivity index (χ2v) is 9.89. The highest BCUT2D eigenvalue weighted by Crippen LogP contribution is 2.35. The van der Waals surface area contributed by atoms with Crippen molar-refractivity contribution in [2.75, 3.05) is 7.11 Å². The number of nitrogens with zero attached hydrogens (tertiary/aromatic N) is 2. The third-order valence-electron chi connectivity index (χ3n) is 6.75. The Bertz CT molecular complexity index is 1580. The summed E-state index contributed by atoms with van der Waals surface area (Å²) in [7, 11) is 1.64. The number of benzene rings is 3. The number of H-pyrrole nitrogens is 1. The Morgan fingerprint density at radius 2 is 1.95 bits per heavy atom. The van der Waals surface area contributed by atoms with Crippen molar-refractivity contribution in [3.8, 4) is 17.2 Å². The van der Waals surface area contributed by atoms with Crippen molar-refractivity contribution in [3.05, 3.63) is 95.2 Å². The molecule has 1 aliphatic rings. The molecular formula is C28H24N4O4S. The number of ether oxygens (including phenoxy) is 1. The zero-order valence-corrected chi connectivity index (χ0v) is 20.8. The fourth-order valence-electron chi connectivity index (χ4n) is 4.97. The van der Waals surface area contributed by atoms with Gasteiger partial charge < -0.3 is 29.4 Å². The minimum absolute atomic E-state index is 0.221. The highest BCUT2D eigenvalue weighted by atomic mass is 32.2. The second-order valence-electron chi connectivity index (χ2n) is 8.96. The van der Waals surface area contributed by atoms with Crippen LogP contribution < -0.4 is 15.2 Å². The maximum absolute atomic E-state index is 11.9. The number of rotatable bonds is 7. The molecule has 2 aromatic heterocycles. The Morgan fingerprint density at radius 1 is 1.14 bits per heavy atom. The van der Waals surface area contributed by atoms with E-state index >= 15 is 0 Å². The molecule has 0 saturated carbocycles. The topological polar surface area (TPSA) is 121 Å². The van der Waals surface area contributed by atoms with Gasteiger partial charge in [0.1, 0.15) is 11.8 Å². The normalized spacial score (nSPS) is 17.0. The van der Waals surface area contributed by atoms with Crippen molar-refractivity contribution in [1.29, 1.82) is 0 Å². The molecule has 186 valence electrons. The number of aromatic nitrogens is 3. The number of methoxy groups -OCH3 is 1. The van der Waals surface area contributed by atoms with Gasteiger partial charge in [-0.05, 0) is 42.0 Å². The van der Waals surface area contributed by atoms with E-state index in [1.807, 2.05) is 72.0 Å². The molecule has 8 nitrogen and oxygen atoms in total. The number of nitrogens with one attached hydrogen (secondary N) is 1. The van der Waals surface area contributed by atoms with Crippen LogP contribution >= 0.6 is 11.8 Å². The monoisotopic (exact) mass is 512 g/mol. The summed E-state index contributed by atoms with van der Waals surface area (Å²) < 4.78 is 11.5. The van der Waals surface area contributed by atoms with E-state index in [4.69, 9.17) is 9.15 Å². The van der Waals surface area contributed by atoms with Gasteiger partial charge in [-0.1, -0.05) is 48.2 Å². The molecule has 6 rings (SSSR count). The van der Waals surface area contributed by atoms with Gasteiger partial charge >= 0.3 is 0 Å². The first-order chi connectivity index (χ1) is 18.1. The number of thioether (sulfide) groups is 1. The molecule has 0 unspecified atom stereocenters. The van der Waals surface area contributed by atoms with Gasteiger partial charge in [0.2, 0.25) is 5.89 Å². The van der Waals surface area contributed by atoms with E-state index in [9.17, 15) is 9.90 Å². The number of para-hydroxylation sites is 1. The lowest BCUT2D eigenvalue weighted by Crippen LogP contribution is -2.95. The lowest BCUT2D eigenvalue weighted by atomic mass is 9.90. The number of hydrogen-bond donors (Lipinski definition) is 2. The van der Waals surface area contributed by atoms with E-state index in [1.165, 1.54) is 11.8 Å². The van der Waals surface area contributed by atoms with E-state index in [-0.39, 0.29) is 6.04 Å². The Hall–Kier alpha value is -4.08. The summed E-state index contributed by atoms with van der Waals surface area (Å²) in [6, 6.07) is 22.7. The number of hydrogen-bond acceptors (Lipinski definition) is 7. The van der Waals surface area contributed by atoms with E-state index in [0.717, 1.165) is 44.6 Å². The average molecular weight is 513 g/mol. The van der Waals surface area contributed by atoms with Crippen LogP contribution in [0.2, 0.25) is 0 Å². The first kappa shape index (κ1) is 23.3. The van der Waals surface area contributed by atoms with Crippen molar-refractivity contribution in [3.63, 3.8) is 0 Å². The summed E-state index contributed by atoms with van der Waals surface area (Å²) in [5.74, 6) is 0.697. The van der Waals surface area contributed by atoms with Crippen LogP contribution in [0.1, 0.15) is 28.4 Å². The SMILES string of the molecule is COc1ccc([C@H]2[NH2+][C@H](C(=O)[O-])Cc3c2[nH]c2ccccc32)cc1CSc1nnc(-c2ccccc2)o1.